The number of aromatic nitrogens is 3. The van der Waals surface area contributed by atoms with E-state index >= 15 is 0 Å². The summed E-state index contributed by atoms with van der Waals surface area (Å²) in [6, 6.07) is 15.0. The fourth-order valence-electron chi connectivity index (χ4n) is 4.71. The van der Waals surface area contributed by atoms with Crippen molar-refractivity contribution in [2.24, 2.45) is 0 Å². The van der Waals surface area contributed by atoms with Crippen LogP contribution in [-0.2, 0) is 6.42 Å². The van der Waals surface area contributed by atoms with Crippen molar-refractivity contribution >= 4 is 39.1 Å². The van der Waals surface area contributed by atoms with E-state index in [1.165, 1.54) is 11.3 Å². The van der Waals surface area contributed by atoms with Crippen LogP contribution in [0.2, 0.25) is 0 Å². The molecule has 0 bridgehead atoms. The summed E-state index contributed by atoms with van der Waals surface area (Å²) in [5.41, 5.74) is 3.83. The van der Waals surface area contributed by atoms with Crippen LogP contribution < -0.4 is 4.74 Å². The van der Waals surface area contributed by atoms with Crippen molar-refractivity contribution in [1.29, 1.82) is 0 Å². The highest BCUT2D eigenvalue weighted by molar-refractivity contribution is 9.10. The van der Waals surface area contributed by atoms with Gasteiger partial charge in [-0.3, -0.25) is 9.59 Å². The topological polar surface area (TPSA) is 80.6 Å². The van der Waals surface area contributed by atoms with Gasteiger partial charge in [0.05, 0.1) is 30.3 Å². The molecule has 0 radical (unpaired) electrons. The van der Waals surface area contributed by atoms with E-state index in [9.17, 15) is 9.59 Å². The van der Waals surface area contributed by atoms with Crippen molar-refractivity contribution in [2.45, 2.75) is 26.3 Å². The lowest BCUT2D eigenvalue weighted by atomic mass is 10.1. The predicted molar refractivity (Wildman–Crippen MR) is 151 cm³/mol. The molecule has 10 heteroatoms. The van der Waals surface area contributed by atoms with Gasteiger partial charge in [-0.1, -0.05) is 35.0 Å². The molecule has 196 valence electrons. The molecule has 5 rings (SSSR count). The maximum absolute atomic E-state index is 13.6. The van der Waals surface area contributed by atoms with Gasteiger partial charge in [-0.2, -0.15) is 5.10 Å². The van der Waals surface area contributed by atoms with Gasteiger partial charge in [0.1, 0.15) is 5.75 Å². The maximum Gasteiger partial charge on any atom is 0.257 e. The molecular weight excluding hydrogens is 566 g/mol. The number of halogens is 1. The van der Waals surface area contributed by atoms with Gasteiger partial charge in [0.25, 0.3) is 11.8 Å². The molecule has 1 aliphatic heterocycles. The van der Waals surface area contributed by atoms with Gasteiger partial charge in [-0.25, -0.2) is 9.67 Å². The Hall–Kier alpha value is -3.50. The lowest BCUT2D eigenvalue weighted by molar-refractivity contribution is 0.0414. The summed E-state index contributed by atoms with van der Waals surface area (Å²) >= 11 is 4.89. The second-order valence-corrected chi connectivity index (χ2v) is 10.9. The molecular formula is C28H28BrN5O3S. The molecule has 1 saturated heterocycles. The first kappa shape index (κ1) is 26.1. The van der Waals surface area contributed by atoms with Crippen LogP contribution in [-0.4, -0.2) is 69.2 Å². The Morgan fingerprint density at radius 2 is 1.92 bits per heavy atom. The average molecular weight is 595 g/mol. The molecule has 1 atom stereocenters. The smallest absolute Gasteiger partial charge is 0.257 e. The Labute approximate surface area is 234 Å². The number of nitrogens with zero attached hydrogens (tertiary/aromatic N) is 5. The number of amides is 2. The SMILES string of the molecule is CCc1c(C(=O)N2CCN(C(=O)c3ccc(Br)cc3)C(C)C2)cnn1-c1nc(-c2cccc(OC)c2)cs1. The minimum atomic E-state index is -0.103. The van der Waals surface area contributed by atoms with E-state index in [0.717, 1.165) is 27.2 Å². The maximum atomic E-state index is 13.6. The Morgan fingerprint density at radius 1 is 1.13 bits per heavy atom. The Balaban J connectivity index is 1.32. The Bertz CT molecular complexity index is 1470. The third-order valence-electron chi connectivity index (χ3n) is 6.74. The van der Waals surface area contributed by atoms with E-state index in [4.69, 9.17) is 9.72 Å². The first-order chi connectivity index (χ1) is 18.4. The molecule has 0 spiro atoms. The number of benzene rings is 2. The van der Waals surface area contributed by atoms with Crippen LogP contribution >= 0.6 is 27.3 Å². The number of ether oxygens (including phenoxy) is 1. The van der Waals surface area contributed by atoms with Crippen LogP contribution in [0.25, 0.3) is 16.4 Å². The summed E-state index contributed by atoms with van der Waals surface area (Å²) in [5, 5.41) is 7.23. The number of hydrogen-bond acceptors (Lipinski definition) is 6. The first-order valence-electron chi connectivity index (χ1n) is 12.4. The minimum absolute atomic E-state index is 0.0187. The van der Waals surface area contributed by atoms with Gasteiger partial charge in [0.2, 0.25) is 5.13 Å². The van der Waals surface area contributed by atoms with Gasteiger partial charge in [0, 0.05) is 46.7 Å². The zero-order valence-corrected chi connectivity index (χ0v) is 23.8. The molecule has 0 aliphatic carbocycles. The number of piperazine rings is 1. The second kappa shape index (κ2) is 11.1. The number of hydrogen-bond donors (Lipinski definition) is 0. The lowest BCUT2D eigenvalue weighted by Crippen LogP contribution is -2.55. The van der Waals surface area contributed by atoms with Crippen molar-refractivity contribution in [3.05, 3.63) is 81.4 Å². The van der Waals surface area contributed by atoms with E-state index in [1.54, 1.807) is 18.0 Å². The quantitative estimate of drug-likeness (QED) is 0.302. The molecule has 8 nitrogen and oxygen atoms in total. The highest BCUT2D eigenvalue weighted by atomic mass is 79.9. The van der Waals surface area contributed by atoms with Crippen molar-refractivity contribution in [3.63, 3.8) is 0 Å². The third kappa shape index (κ3) is 5.10. The number of thiazole rings is 1. The van der Waals surface area contributed by atoms with Gasteiger partial charge in [-0.15, -0.1) is 11.3 Å². The van der Waals surface area contributed by atoms with E-state index < -0.39 is 0 Å². The molecule has 0 saturated carbocycles. The molecule has 1 fully saturated rings. The fourth-order valence-corrected chi connectivity index (χ4v) is 5.78. The number of methoxy groups -OCH3 is 1. The summed E-state index contributed by atoms with van der Waals surface area (Å²) in [5.74, 6) is 0.682. The zero-order chi connectivity index (χ0) is 26.8. The molecule has 1 unspecified atom stereocenters. The molecule has 4 aromatic rings. The Kier molecular flexibility index (Phi) is 7.62. The Morgan fingerprint density at radius 3 is 2.63 bits per heavy atom. The molecule has 1 aliphatic rings. The van der Waals surface area contributed by atoms with Crippen LogP contribution in [0.4, 0.5) is 0 Å². The van der Waals surface area contributed by atoms with Gasteiger partial charge in [0.15, 0.2) is 0 Å². The molecule has 38 heavy (non-hydrogen) atoms. The summed E-state index contributed by atoms with van der Waals surface area (Å²) in [6.07, 6.45) is 2.27. The van der Waals surface area contributed by atoms with E-state index in [2.05, 4.69) is 21.0 Å². The summed E-state index contributed by atoms with van der Waals surface area (Å²) in [6.45, 7) is 5.41. The van der Waals surface area contributed by atoms with Crippen molar-refractivity contribution in [3.8, 4) is 22.1 Å². The van der Waals surface area contributed by atoms with E-state index in [0.29, 0.717) is 42.3 Å². The number of carbonyl (C=O) groups is 2. The fraction of sp³-hybridized carbons (Fsp3) is 0.286. The predicted octanol–water partition coefficient (Wildman–Crippen LogP) is 5.32. The molecule has 2 aromatic carbocycles. The van der Waals surface area contributed by atoms with E-state index in [1.807, 2.05) is 77.6 Å². The molecule has 3 heterocycles. The second-order valence-electron chi connectivity index (χ2n) is 9.12. The number of rotatable bonds is 6. The van der Waals surface area contributed by atoms with Crippen LogP contribution in [0, 0.1) is 0 Å². The minimum Gasteiger partial charge on any atom is -0.497 e. The van der Waals surface area contributed by atoms with Crippen molar-refractivity contribution in [2.75, 3.05) is 26.7 Å². The lowest BCUT2D eigenvalue weighted by Gasteiger charge is -2.40. The third-order valence-corrected chi connectivity index (χ3v) is 8.08. The molecule has 0 N–H and O–H groups in total. The van der Waals surface area contributed by atoms with E-state index in [-0.39, 0.29) is 17.9 Å². The normalized spacial score (nSPS) is 15.5. The largest absolute Gasteiger partial charge is 0.497 e. The van der Waals surface area contributed by atoms with Gasteiger partial charge < -0.3 is 14.5 Å². The molecule has 2 amide bonds. The van der Waals surface area contributed by atoms with Crippen LogP contribution in [0.15, 0.2) is 64.6 Å². The van der Waals surface area contributed by atoms with Crippen molar-refractivity contribution < 1.29 is 14.3 Å². The highest BCUT2D eigenvalue weighted by Gasteiger charge is 2.32. The summed E-state index contributed by atoms with van der Waals surface area (Å²) in [4.78, 5) is 35.1. The number of carbonyl (C=O) groups excluding carboxylic acids is 2. The van der Waals surface area contributed by atoms with Gasteiger partial charge in [-0.05, 0) is 49.7 Å². The van der Waals surface area contributed by atoms with Gasteiger partial charge >= 0.3 is 0 Å². The van der Waals surface area contributed by atoms with Crippen LogP contribution in [0.1, 0.15) is 40.3 Å². The first-order valence-corrected chi connectivity index (χ1v) is 14.1. The molecule has 2 aromatic heterocycles. The highest BCUT2D eigenvalue weighted by Crippen LogP contribution is 2.28. The van der Waals surface area contributed by atoms with Crippen LogP contribution in [0.3, 0.4) is 0 Å². The summed E-state index contributed by atoms with van der Waals surface area (Å²) in [7, 11) is 1.64. The average Bonchev–Trinajstić information content (AvgIpc) is 3.60. The van der Waals surface area contributed by atoms with Crippen LogP contribution in [0.5, 0.6) is 5.75 Å². The monoisotopic (exact) mass is 593 g/mol. The summed E-state index contributed by atoms with van der Waals surface area (Å²) < 4.78 is 8.03. The van der Waals surface area contributed by atoms with Crippen molar-refractivity contribution in [1.82, 2.24) is 24.6 Å². The zero-order valence-electron chi connectivity index (χ0n) is 21.4. The standard InChI is InChI=1S/C28H28BrN5O3S/c1-4-25-23(15-30-34(25)28-31-24(17-38-28)20-6-5-7-22(14-20)37-3)27(36)32-12-13-33(18(2)16-32)26(35)19-8-10-21(29)11-9-19/h5-11,14-15,17-18H,4,12-13,16H2,1-3H3.